The average molecular weight is 264 g/mol. The minimum atomic E-state index is -0.400. The van der Waals surface area contributed by atoms with E-state index >= 15 is 0 Å². The van der Waals surface area contributed by atoms with Crippen molar-refractivity contribution in [2.45, 2.75) is 38.6 Å². The van der Waals surface area contributed by atoms with Crippen molar-refractivity contribution in [1.82, 2.24) is 0 Å². The fourth-order valence-corrected chi connectivity index (χ4v) is 2.60. The van der Waals surface area contributed by atoms with Crippen LogP contribution in [0.2, 0.25) is 0 Å². The normalized spacial score (nSPS) is 22.8. The summed E-state index contributed by atoms with van der Waals surface area (Å²) in [4.78, 5) is 10.8. The number of nitrogens with one attached hydrogen (secondary N) is 2. The van der Waals surface area contributed by atoms with E-state index in [0.29, 0.717) is 17.4 Å². The van der Waals surface area contributed by atoms with Gasteiger partial charge >= 0.3 is 5.69 Å². The maximum atomic E-state index is 11.2. The summed E-state index contributed by atoms with van der Waals surface area (Å²) in [5, 5.41) is 14.5. The van der Waals surface area contributed by atoms with Gasteiger partial charge < -0.3 is 10.7 Å². The number of nitrogens with two attached hydrogens (primary N) is 1. The predicted molar refractivity (Wildman–Crippen MR) is 75.9 cm³/mol. The highest BCUT2D eigenvalue weighted by molar-refractivity contribution is 5.76. The summed E-state index contributed by atoms with van der Waals surface area (Å²) in [5.74, 6) is 6.08. The van der Waals surface area contributed by atoms with E-state index in [1.807, 2.05) is 0 Å². The largest absolute Gasteiger partial charge is 0.377 e. The second kappa shape index (κ2) is 5.88. The van der Waals surface area contributed by atoms with Crippen molar-refractivity contribution in [3.63, 3.8) is 0 Å². The topological polar surface area (TPSA) is 93.2 Å². The molecule has 2 rings (SSSR count). The number of nitro groups is 1. The third-order valence-corrected chi connectivity index (χ3v) is 3.75. The van der Waals surface area contributed by atoms with Gasteiger partial charge in [-0.2, -0.15) is 0 Å². The number of nitrogens with zero attached hydrogens (tertiary/aromatic N) is 1. The number of hydrogen-bond acceptors (Lipinski definition) is 5. The van der Waals surface area contributed by atoms with Crippen LogP contribution < -0.4 is 16.6 Å². The van der Waals surface area contributed by atoms with Gasteiger partial charge in [0.05, 0.1) is 4.92 Å². The molecule has 0 atom stereocenters. The van der Waals surface area contributed by atoms with Gasteiger partial charge in [0.15, 0.2) is 0 Å². The van der Waals surface area contributed by atoms with Crippen molar-refractivity contribution in [2.75, 3.05) is 10.7 Å². The SMILES string of the molecule is CC1CCC(Nc2cccc(NN)c2[N+](=O)[O-])CC1. The Balaban J connectivity index is 2.17. The van der Waals surface area contributed by atoms with Gasteiger partial charge in [-0.05, 0) is 43.7 Å². The molecule has 1 aliphatic rings. The zero-order chi connectivity index (χ0) is 13.8. The molecular formula is C13H20N4O2. The second-order valence-electron chi connectivity index (χ2n) is 5.20. The monoisotopic (exact) mass is 264 g/mol. The highest BCUT2D eigenvalue weighted by Crippen LogP contribution is 2.34. The van der Waals surface area contributed by atoms with Crippen molar-refractivity contribution in [3.05, 3.63) is 28.3 Å². The lowest BCUT2D eigenvalue weighted by molar-refractivity contribution is -0.383. The lowest BCUT2D eigenvalue weighted by Crippen LogP contribution is -2.25. The number of anilines is 2. The van der Waals surface area contributed by atoms with Crippen LogP contribution in [-0.2, 0) is 0 Å². The van der Waals surface area contributed by atoms with Crippen LogP contribution in [0.4, 0.5) is 17.1 Å². The third kappa shape index (κ3) is 3.14. The molecule has 0 radical (unpaired) electrons. The molecule has 0 aromatic heterocycles. The highest BCUT2D eigenvalue weighted by atomic mass is 16.6. The fourth-order valence-electron chi connectivity index (χ4n) is 2.60. The van der Waals surface area contributed by atoms with Gasteiger partial charge in [0, 0.05) is 6.04 Å². The van der Waals surface area contributed by atoms with E-state index in [-0.39, 0.29) is 5.69 Å². The van der Waals surface area contributed by atoms with Gasteiger partial charge in [-0.15, -0.1) is 0 Å². The molecule has 0 bridgehead atoms. The first-order chi connectivity index (χ1) is 9.11. The molecule has 0 unspecified atom stereocenters. The van der Waals surface area contributed by atoms with E-state index in [1.165, 1.54) is 12.8 Å². The molecule has 4 N–H and O–H groups in total. The number of hydrazine groups is 1. The Morgan fingerprint density at radius 2 is 1.89 bits per heavy atom. The average Bonchev–Trinajstić information content (AvgIpc) is 2.40. The minimum Gasteiger partial charge on any atom is -0.377 e. The number of rotatable bonds is 4. The molecule has 0 heterocycles. The number of benzene rings is 1. The molecule has 1 aromatic rings. The molecule has 1 aliphatic carbocycles. The van der Waals surface area contributed by atoms with E-state index in [0.717, 1.165) is 18.8 Å². The van der Waals surface area contributed by atoms with Gasteiger partial charge in [0.2, 0.25) is 0 Å². The smallest absolute Gasteiger partial charge is 0.316 e. The van der Waals surface area contributed by atoms with Crippen LogP contribution in [0.1, 0.15) is 32.6 Å². The zero-order valence-corrected chi connectivity index (χ0v) is 11.1. The Morgan fingerprint density at radius 3 is 2.47 bits per heavy atom. The summed E-state index contributed by atoms with van der Waals surface area (Å²) in [6, 6.07) is 5.40. The van der Waals surface area contributed by atoms with Gasteiger partial charge in [-0.25, -0.2) is 0 Å². The molecule has 0 amide bonds. The zero-order valence-electron chi connectivity index (χ0n) is 11.1. The molecule has 6 heteroatoms. The lowest BCUT2D eigenvalue weighted by Gasteiger charge is -2.27. The van der Waals surface area contributed by atoms with E-state index in [1.54, 1.807) is 18.2 Å². The van der Waals surface area contributed by atoms with E-state index in [9.17, 15) is 10.1 Å². The quantitative estimate of drug-likeness (QED) is 0.441. The van der Waals surface area contributed by atoms with Crippen LogP contribution in [-0.4, -0.2) is 11.0 Å². The summed E-state index contributed by atoms with van der Waals surface area (Å²) < 4.78 is 0. The maximum absolute atomic E-state index is 11.2. The third-order valence-electron chi connectivity index (χ3n) is 3.75. The van der Waals surface area contributed by atoms with Gasteiger partial charge in [0.25, 0.3) is 0 Å². The molecule has 6 nitrogen and oxygen atoms in total. The van der Waals surface area contributed by atoms with Crippen LogP contribution in [0.15, 0.2) is 18.2 Å². The Hall–Kier alpha value is -1.82. The van der Waals surface area contributed by atoms with Crippen molar-refractivity contribution in [2.24, 2.45) is 11.8 Å². The van der Waals surface area contributed by atoms with Crippen molar-refractivity contribution >= 4 is 17.1 Å². The second-order valence-corrected chi connectivity index (χ2v) is 5.20. The highest BCUT2D eigenvalue weighted by Gasteiger charge is 2.23. The Morgan fingerprint density at radius 1 is 1.26 bits per heavy atom. The van der Waals surface area contributed by atoms with E-state index in [2.05, 4.69) is 17.7 Å². The summed E-state index contributed by atoms with van der Waals surface area (Å²) >= 11 is 0. The van der Waals surface area contributed by atoms with Crippen molar-refractivity contribution in [3.8, 4) is 0 Å². The van der Waals surface area contributed by atoms with Gasteiger partial charge in [-0.1, -0.05) is 13.0 Å². The Labute approximate surface area is 112 Å². The molecule has 1 saturated carbocycles. The molecule has 0 aliphatic heterocycles. The van der Waals surface area contributed by atoms with Gasteiger partial charge in [-0.3, -0.25) is 16.0 Å². The standard InChI is InChI=1S/C13H20N4O2/c1-9-5-7-10(8-6-9)15-11-3-2-4-12(16-14)13(11)17(18)19/h2-4,9-10,15-16H,5-8,14H2,1H3. The lowest BCUT2D eigenvalue weighted by atomic mass is 9.87. The van der Waals surface area contributed by atoms with Crippen molar-refractivity contribution < 1.29 is 4.92 Å². The summed E-state index contributed by atoms with van der Waals surface area (Å²) in [7, 11) is 0. The Kier molecular flexibility index (Phi) is 4.21. The van der Waals surface area contributed by atoms with Crippen LogP contribution in [0.25, 0.3) is 0 Å². The maximum Gasteiger partial charge on any atom is 0.316 e. The fraction of sp³-hybridized carbons (Fsp3) is 0.538. The van der Waals surface area contributed by atoms with Gasteiger partial charge in [0.1, 0.15) is 11.4 Å². The predicted octanol–water partition coefficient (Wildman–Crippen LogP) is 2.87. The molecule has 19 heavy (non-hydrogen) atoms. The molecule has 1 fully saturated rings. The summed E-state index contributed by atoms with van der Waals surface area (Å²) in [6.45, 7) is 2.25. The summed E-state index contributed by atoms with van der Waals surface area (Å²) in [5.41, 5.74) is 3.27. The number of hydrogen-bond donors (Lipinski definition) is 3. The van der Waals surface area contributed by atoms with Crippen molar-refractivity contribution in [1.29, 1.82) is 0 Å². The summed E-state index contributed by atoms with van der Waals surface area (Å²) in [6.07, 6.45) is 4.44. The molecule has 0 spiro atoms. The van der Waals surface area contributed by atoms with Crippen LogP contribution >= 0.6 is 0 Å². The van der Waals surface area contributed by atoms with E-state index in [4.69, 9.17) is 5.84 Å². The number of para-hydroxylation sites is 1. The molecule has 1 aromatic carbocycles. The first-order valence-corrected chi connectivity index (χ1v) is 6.62. The first kappa shape index (κ1) is 13.6. The Bertz CT molecular complexity index is 456. The molecular weight excluding hydrogens is 244 g/mol. The van der Waals surface area contributed by atoms with Crippen LogP contribution in [0, 0.1) is 16.0 Å². The molecule has 104 valence electrons. The van der Waals surface area contributed by atoms with Crippen LogP contribution in [0.3, 0.4) is 0 Å². The first-order valence-electron chi connectivity index (χ1n) is 6.62. The van der Waals surface area contributed by atoms with E-state index < -0.39 is 4.92 Å². The molecule has 0 saturated heterocycles. The minimum absolute atomic E-state index is 0.0172. The number of nitro benzene ring substituents is 1. The van der Waals surface area contributed by atoms with Crippen LogP contribution in [0.5, 0.6) is 0 Å². The number of nitrogen functional groups attached to an aromatic ring is 1.